The second-order valence-corrected chi connectivity index (χ2v) is 4.17. The minimum atomic E-state index is 0.802. The van der Waals surface area contributed by atoms with Crippen LogP contribution >= 0.6 is 0 Å². The topological polar surface area (TPSA) is 25.2 Å². The molecule has 2 heteroatoms. The first kappa shape index (κ1) is 16.1. The third-order valence-corrected chi connectivity index (χ3v) is 2.99. The number of hydrogen-bond acceptors (Lipinski definition) is 2. The maximum atomic E-state index is 4.54. The van der Waals surface area contributed by atoms with Crippen molar-refractivity contribution < 1.29 is 0 Å². The number of aryl methyl sites for hydroxylation is 1. The molecule has 20 heavy (non-hydrogen) atoms. The Morgan fingerprint density at radius 3 is 2.60 bits per heavy atom. The van der Waals surface area contributed by atoms with Gasteiger partial charge in [0.1, 0.15) is 0 Å². The normalized spacial score (nSPS) is 17.8. The fourth-order valence-electron chi connectivity index (χ4n) is 2.05. The van der Waals surface area contributed by atoms with Gasteiger partial charge in [-0.05, 0) is 44.1 Å². The zero-order chi connectivity index (χ0) is 15.0. The molecule has 0 N–H and O–H groups in total. The highest BCUT2D eigenvalue weighted by molar-refractivity contribution is 6.16. The predicted molar refractivity (Wildman–Crippen MR) is 89.2 cm³/mol. The number of aromatic nitrogens is 1. The summed E-state index contributed by atoms with van der Waals surface area (Å²) in [6, 6.07) is 4.07. The maximum absolute atomic E-state index is 4.54. The van der Waals surface area contributed by atoms with Crippen LogP contribution in [0.1, 0.15) is 39.0 Å². The van der Waals surface area contributed by atoms with Gasteiger partial charge in [-0.2, -0.15) is 0 Å². The largest absolute Gasteiger partial charge is 0.285 e. The van der Waals surface area contributed by atoms with Gasteiger partial charge >= 0.3 is 0 Å². The smallest absolute Gasteiger partial charge is 0.0649 e. The molecule has 0 amide bonds. The minimum absolute atomic E-state index is 0.802. The molecule has 1 aromatic rings. The molecule has 0 radical (unpaired) electrons. The van der Waals surface area contributed by atoms with Crippen molar-refractivity contribution in [3.8, 4) is 0 Å². The first-order chi connectivity index (χ1) is 9.76. The number of allylic oxidation sites excluding steroid dienone is 6. The Morgan fingerprint density at radius 2 is 2.00 bits per heavy atom. The minimum Gasteiger partial charge on any atom is -0.285 e. The molecule has 0 fully saturated rings. The van der Waals surface area contributed by atoms with Gasteiger partial charge < -0.3 is 0 Å². The van der Waals surface area contributed by atoms with E-state index in [-0.39, 0.29) is 0 Å². The molecule has 0 unspecified atom stereocenters. The van der Waals surface area contributed by atoms with Crippen LogP contribution in [0, 0.1) is 6.92 Å². The van der Waals surface area contributed by atoms with Crippen LogP contribution in [0.4, 0.5) is 0 Å². The molecular formula is C18H24N2. The number of pyridine rings is 1. The lowest BCUT2D eigenvalue weighted by molar-refractivity contribution is 1.13. The summed E-state index contributed by atoms with van der Waals surface area (Å²) in [7, 11) is 0. The number of nitrogens with zero attached hydrogens (tertiary/aromatic N) is 2. The summed E-state index contributed by atoms with van der Waals surface area (Å²) < 4.78 is 0. The van der Waals surface area contributed by atoms with Crippen LogP contribution < -0.4 is 0 Å². The second-order valence-electron chi connectivity index (χ2n) is 4.17. The van der Waals surface area contributed by atoms with E-state index in [9.17, 15) is 0 Å². The van der Waals surface area contributed by atoms with Crippen molar-refractivity contribution in [1.82, 2.24) is 4.98 Å². The average molecular weight is 268 g/mol. The summed E-state index contributed by atoms with van der Waals surface area (Å²) in [5.74, 6) is 0. The SMILES string of the molecule is C/C=C1/C=CC(c2cccnc2C)=CC1=NCC.CC. The van der Waals surface area contributed by atoms with Crippen LogP contribution in [-0.4, -0.2) is 17.2 Å². The molecule has 2 rings (SSSR count). The van der Waals surface area contributed by atoms with Gasteiger partial charge in [0, 0.05) is 24.0 Å². The highest BCUT2D eigenvalue weighted by Crippen LogP contribution is 2.24. The van der Waals surface area contributed by atoms with Crippen molar-refractivity contribution >= 4 is 11.3 Å². The van der Waals surface area contributed by atoms with E-state index >= 15 is 0 Å². The summed E-state index contributed by atoms with van der Waals surface area (Å²) in [6.45, 7) is 10.9. The summed E-state index contributed by atoms with van der Waals surface area (Å²) in [5.41, 5.74) is 5.64. The third-order valence-electron chi connectivity index (χ3n) is 2.99. The van der Waals surface area contributed by atoms with E-state index < -0.39 is 0 Å². The standard InChI is InChI=1S/C16H18N2.C2H6/c1-4-13-8-9-14(11-16(13)17-5-2)15-7-6-10-18-12(15)3;1-2/h4,6-11H,5H2,1-3H3;1-2H3/b13-4-,17-16?;. The van der Waals surface area contributed by atoms with Crippen LogP contribution in [0.2, 0.25) is 0 Å². The molecule has 1 aromatic heterocycles. The summed E-state index contributed by atoms with van der Waals surface area (Å²) in [6.07, 6.45) is 10.3. The van der Waals surface area contributed by atoms with Crippen molar-refractivity contribution in [3.05, 3.63) is 59.5 Å². The van der Waals surface area contributed by atoms with Crippen molar-refractivity contribution in [3.63, 3.8) is 0 Å². The fourth-order valence-corrected chi connectivity index (χ4v) is 2.05. The molecule has 0 saturated carbocycles. The molecular weight excluding hydrogens is 244 g/mol. The zero-order valence-corrected chi connectivity index (χ0v) is 13.1. The van der Waals surface area contributed by atoms with Gasteiger partial charge in [-0.1, -0.05) is 38.1 Å². The molecule has 0 aliphatic heterocycles. The van der Waals surface area contributed by atoms with Crippen LogP contribution in [0.5, 0.6) is 0 Å². The summed E-state index contributed by atoms with van der Waals surface area (Å²) >= 11 is 0. The first-order valence-electron chi connectivity index (χ1n) is 7.29. The zero-order valence-electron chi connectivity index (χ0n) is 13.1. The van der Waals surface area contributed by atoms with E-state index in [0.29, 0.717) is 0 Å². The van der Waals surface area contributed by atoms with E-state index in [2.05, 4.69) is 47.3 Å². The van der Waals surface area contributed by atoms with Gasteiger partial charge in [-0.3, -0.25) is 9.98 Å². The molecule has 106 valence electrons. The Bertz CT molecular complexity index is 561. The lowest BCUT2D eigenvalue weighted by Crippen LogP contribution is -2.04. The first-order valence-corrected chi connectivity index (χ1v) is 7.29. The van der Waals surface area contributed by atoms with Crippen molar-refractivity contribution in [2.75, 3.05) is 6.54 Å². The number of hydrogen-bond donors (Lipinski definition) is 0. The predicted octanol–water partition coefficient (Wildman–Crippen LogP) is 4.78. The monoisotopic (exact) mass is 268 g/mol. The Kier molecular flexibility index (Phi) is 6.65. The van der Waals surface area contributed by atoms with Gasteiger partial charge in [0.05, 0.1) is 5.71 Å². The molecule has 0 bridgehead atoms. The van der Waals surface area contributed by atoms with E-state index in [1.165, 1.54) is 16.7 Å². The Morgan fingerprint density at radius 1 is 1.25 bits per heavy atom. The van der Waals surface area contributed by atoms with E-state index in [4.69, 9.17) is 0 Å². The van der Waals surface area contributed by atoms with Gasteiger partial charge in [0.15, 0.2) is 0 Å². The summed E-state index contributed by atoms with van der Waals surface area (Å²) in [4.78, 5) is 8.88. The average Bonchev–Trinajstić information content (AvgIpc) is 2.50. The van der Waals surface area contributed by atoms with Crippen LogP contribution in [-0.2, 0) is 0 Å². The van der Waals surface area contributed by atoms with Crippen LogP contribution in [0.25, 0.3) is 5.57 Å². The van der Waals surface area contributed by atoms with Crippen LogP contribution in [0.3, 0.4) is 0 Å². The Balaban J connectivity index is 0.000000956. The molecule has 1 heterocycles. The number of aliphatic imine (C=N–C) groups is 1. The molecule has 0 atom stereocenters. The van der Waals surface area contributed by atoms with E-state index in [0.717, 1.165) is 18.0 Å². The molecule has 1 aliphatic rings. The number of rotatable bonds is 2. The molecule has 1 aliphatic carbocycles. The van der Waals surface area contributed by atoms with Crippen LogP contribution in [0.15, 0.2) is 53.2 Å². The highest BCUT2D eigenvalue weighted by Gasteiger charge is 2.10. The third kappa shape index (κ3) is 3.77. The van der Waals surface area contributed by atoms with Crippen molar-refractivity contribution in [2.24, 2.45) is 4.99 Å². The lowest BCUT2D eigenvalue weighted by atomic mass is 9.94. The van der Waals surface area contributed by atoms with E-state index in [1.54, 1.807) is 0 Å². The van der Waals surface area contributed by atoms with Gasteiger partial charge in [0.2, 0.25) is 0 Å². The molecule has 0 saturated heterocycles. The quantitative estimate of drug-likeness (QED) is 0.758. The van der Waals surface area contributed by atoms with Gasteiger partial charge in [-0.25, -0.2) is 0 Å². The summed E-state index contributed by atoms with van der Waals surface area (Å²) in [5, 5.41) is 0. The Labute approximate surface area is 122 Å². The van der Waals surface area contributed by atoms with E-state index in [1.807, 2.05) is 40.0 Å². The second kappa shape index (κ2) is 8.26. The van der Waals surface area contributed by atoms with Gasteiger partial charge in [-0.15, -0.1) is 0 Å². The lowest BCUT2D eigenvalue weighted by Gasteiger charge is -2.13. The fraction of sp³-hybridized carbons (Fsp3) is 0.333. The molecule has 0 aromatic carbocycles. The highest BCUT2D eigenvalue weighted by atomic mass is 14.7. The van der Waals surface area contributed by atoms with Crippen molar-refractivity contribution in [2.45, 2.75) is 34.6 Å². The molecule has 0 spiro atoms. The maximum Gasteiger partial charge on any atom is 0.0649 e. The van der Waals surface area contributed by atoms with Crippen molar-refractivity contribution in [1.29, 1.82) is 0 Å². The Hall–Kier alpha value is -1.96. The molecule has 2 nitrogen and oxygen atoms in total. The van der Waals surface area contributed by atoms with Gasteiger partial charge in [0.25, 0.3) is 0 Å².